The molecule has 8 rings (SSSR count). The van der Waals surface area contributed by atoms with Crippen LogP contribution in [0.15, 0.2) is 4.52 Å². The molecule has 2 N–H and O–H groups in total. The van der Waals surface area contributed by atoms with Gasteiger partial charge in [-0.3, -0.25) is 4.90 Å². The Kier molecular flexibility index (Phi) is 6.56. The molecule has 226 valence electrons. The van der Waals surface area contributed by atoms with E-state index in [1.165, 1.54) is 11.3 Å². The molecule has 0 saturated carbocycles. The molecule has 0 aromatic carbocycles. The van der Waals surface area contributed by atoms with Crippen LogP contribution in [-0.2, 0) is 39.8 Å². The number of hydrogen-bond acceptors (Lipinski definition) is 11. The Morgan fingerprint density at radius 2 is 1.95 bits per heavy atom. The van der Waals surface area contributed by atoms with Crippen LogP contribution in [0.25, 0.3) is 11.5 Å². The summed E-state index contributed by atoms with van der Waals surface area (Å²) >= 11 is 1.56. The number of nitriles is 1. The number of nitrogens with two attached hydrogens (primary N) is 1. The van der Waals surface area contributed by atoms with Crippen LogP contribution in [0.1, 0.15) is 90.5 Å². The number of aromatic nitrogens is 3. The summed E-state index contributed by atoms with van der Waals surface area (Å²) in [6.07, 6.45) is 8.66. The Balaban J connectivity index is 1.26. The van der Waals surface area contributed by atoms with E-state index in [4.69, 9.17) is 34.4 Å². The summed E-state index contributed by atoms with van der Waals surface area (Å²) in [5.74, 6) is 1.98. The molecule has 0 amide bonds. The Hall–Kier alpha value is -3.04. The van der Waals surface area contributed by atoms with Crippen molar-refractivity contribution in [3.05, 3.63) is 38.6 Å². The zero-order valence-corrected chi connectivity index (χ0v) is 25.7. The van der Waals surface area contributed by atoms with Gasteiger partial charge in [-0.15, -0.1) is 11.3 Å². The van der Waals surface area contributed by atoms with Crippen molar-refractivity contribution in [3.8, 4) is 23.5 Å². The first-order chi connectivity index (χ1) is 20.9. The fourth-order valence-electron chi connectivity index (χ4n) is 8.56. The number of ether oxygens (including phenoxy) is 3. The Bertz CT molecular complexity index is 1620. The first-order valence-electron chi connectivity index (χ1n) is 15.7. The lowest BCUT2D eigenvalue weighted by Gasteiger charge is -2.39. The third kappa shape index (κ3) is 4.10. The Morgan fingerprint density at radius 1 is 1.12 bits per heavy atom. The SMILES string of the molecule is C[C@H](Oc1nc(-c2noc3c2CCC[C@@]32CCCc3sc(N)c(C#N)c32)nc2c1COC[C@@]21CCOC1)[C@@H]1CCCN1C. The monoisotopic (exact) mass is 602 g/mol. The summed E-state index contributed by atoms with van der Waals surface area (Å²) in [6, 6.07) is 2.74. The molecule has 3 aliphatic heterocycles. The summed E-state index contributed by atoms with van der Waals surface area (Å²) < 4.78 is 25.1. The van der Waals surface area contributed by atoms with E-state index in [0.29, 0.717) is 60.4 Å². The third-order valence-corrected chi connectivity index (χ3v) is 11.8. The lowest BCUT2D eigenvalue weighted by Crippen LogP contribution is -2.40. The van der Waals surface area contributed by atoms with E-state index in [1.807, 2.05) is 0 Å². The molecule has 11 heteroatoms. The van der Waals surface area contributed by atoms with Gasteiger partial charge in [0.1, 0.15) is 17.2 Å². The van der Waals surface area contributed by atoms with E-state index in [2.05, 4.69) is 30.1 Å². The first-order valence-corrected chi connectivity index (χ1v) is 16.5. The fraction of sp³-hybridized carbons (Fsp3) is 0.625. The molecule has 2 saturated heterocycles. The number of hydrogen-bond donors (Lipinski definition) is 1. The molecule has 2 fully saturated rings. The number of likely N-dealkylation sites (N-methyl/N-ethyl adjacent to an activating group) is 1. The van der Waals surface area contributed by atoms with Crippen LogP contribution >= 0.6 is 11.3 Å². The normalized spacial score (nSPS) is 28.9. The van der Waals surface area contributed by atoms with Crippen molar-refractivity contribution in [2.45, 2.75) is 94.3 Å². The number of anilines is 1. The van der Waals surface area contributed by atoms with E-state index in [9.17, 15) is 5.26 Å². The highest BCUT2D eigenvalue weighted by Gasteiger charge is 2.50. The van der Waals surface area contributed by atoms with Crippen LogP contribution in [-0.4, -0.2) is 65.6 Å². The highest BCUT2D eigenvalue weighted by molar-refractivity contribution is 7.16. The van der Waals surface area contributed by atoms with Crippen molar-refractivity contribution in [3.63, 3.8) is 0 Å². The van der Waals surface area contributed by atoms with Crippen LogP contribution in [0.3, 0.4) is 0 Å². The quantitative estimate of drug-likeness (QED) is 0.450. The standard InChI is InChI=1S/C32H38N6O4S/c1-18(22-7-5-12-38(22)2)41-30-21-15-40-17-31(11-13-39-16-31)26(21)35-29(36-30)25-19-6-3-9-32(27(19)42-37-25)10-4-8-23-24(32)20(14-33)28(34)43-23/h18,22H,3-13,15-17,34H2,1-2H3/t18-,22-,31-,32-/m0/s1. The lowest BCUT2D eigenvalue weighted by molar-refractivity contribution is 0.0358. The summed E-state index contributed by atoms with van der Waals surface area (Å²) in [7, 11) is 2.17. The molecule has 0 bridgehead atoms. The number of thiophene rings is 1. The number of nitrogens with zero attached hydrogens (tertiary/aromatic N) is 5. The van der Waals surface area contributed by atoms with Crippen molar-refractivity contribution >= 4 is 16.3 Å². The predicted molar refractivity (Wildman–Crippen MR) is 160 cm³/mol. The van der Waals surface area contributed by atoms with Crippen molar-refractivity contribution in [1.82, 2.24) is 20.0 Å². The second kappa shape index (κ2) is 10.3. The summed E-state index contributed by atoms with van der Waals surface area (Å²) in [6.45, 7) is 5.44. The second-order valence-corrected chi connectivity index (χ2v) is 14.3. The fourth-order valence-corrected chi connectivity index (χ4v) is 9.72. The number of rotatable bonds is 4. The summed E-state index contributed by atoms with van der Waals surface area (Å²) in [5, 5.41) is 15.4. The Labute approximate surface area is 255 Å². The van der Waals surface area contributed by atoms with E-state index < -0.39 is 5.41 Å². The van der Waals surface area contributed by atoms with Crippen LogP contribution in [0.4, 0.5) is 5.00 Å². The van der Waals surface area contributed by atoms with Gasteiger partial charge in [-0.2, -0.15) is 10.2 Å². The number of nitrogen functional groups attached to an aromatic ring is 1. The van der Waals surface area contributed by atoms with E-state index in [0.717, 1.165) is 86.1 Å². The molecule has 2 spiro atoms. The van der Waals surface area contributed by atoms with Gasteiger partial charge < -0.3 is 24.5 Å². The maximum absolute atomic E-state index is 10.1. The number of fused-ring (bicyclic) bond motifs is 6. The topological polar surface area (TPSA) is 133 Å². The highest BCUT2D eigenvalue weighted by atomic mass is 32.1. The smallest absolute Gasteiger partial charge is 0.223 e. The van der Waals surface area contributed by atoms with Crippen molar-refractivity contribution in [1.29, 1.82) is 5.26 Å². The maximum Gasteiger partial charge on any atom is 0.223 e. The summed E-state index contributed by atoms with van der Waals surface area (Å²) in [5.41, 5.74) is 10.9. The third-order valence-electron chi connectivity index (χ3n) is 10.7. The van der Waals surface area contributed by atoms with Gasteiger partial charge in [-0.05, 0) is 83.9 Å². The van der Waals surface area contributed by atoms with Gasteiger partial charge in [0.15, 0.2) is 17.3 Å². The molecule has 3 aromatic rings. The Morgan fingerprint density at radius 3 is 2.72 bits per heavy atom. The maximum atomic E-state index is 10.1. The van der Waals surface area contributed by atoms with Crippen LogP contribution < -0.4 is 10.5 Å². The molecule has 0 unspecified atom stereocenters. The molecular formula is C32H38N6O4S. The van der Waals surface area contributed by atoms with Gasteiger partial charge in [0.05, 0.1) is 47.5 Å². The minimum Gasteiger partial charge on any atom is -0.473 e. The minimum absolute atomic E-state index is 0.0411. The van der Waals surface area contributed by atoms with E-state index >= 15 is 0 Å². The van der Waals surface area contributed by atoms with Gasteiger partial charge >= 0.3 is 0 Å². The molecule has 10 nitrogen and oxygen atoms in total. The van der Waals surface area contributed by atoms with Crippen LogP contribution in [0.2, 0.25) is 0 Å². The zero-order chi connectivity index (χ0) is 29.3. The van der Waals surface area contributed by atoms with Crippen LogP contribution in [0.5, 0.6) is 5.88 Å². The van der Waals surface area contributed by atoms with Crippen molar-refractivity contribution in [2.24, 2.45) is 0 Å². The van der Waals surface area contributed by atoms with E-state index in [1.54, 1.807) is 11.3 Å². The molecule has 2 aliphatic carbocycles. The van der Waals surface area contributed by atoms with Crippen LogP contribution in [0, 0.1) is 11.3 Å². The highest BCUT2D eigenvalue weighted by Crippen LogP contribution is 2.55. The van der Waals surface area contributed by atoms with Gasteiger partial charge in [0.25, 0.3) is 0 Å². The van der Waals surface area contributed by atoms with Gasteiger partial charge in [-0.25, -0.2) is 4.98 Å². The largest absolute Gasteiger partial charge is 0.473 e. The zero-order valence-electron chi connectivity index (χ0n) is 24.9. The molecule has 43 heavy (non-hydrogen) atoms. The predicted octanol–water partition coefficient (Wildman–Crippen LogP) is 4.66. The van der Waals surface area contributed by atoms with Gasteiger partial charge in [-0.1, -0.05) is 5.16 Å². The molecule has 0 radical (unpaired) electrons. The average molecular weight is 603 g/mol. The number of likely N-dealkylation sites (tertiary alicyclic amines) is 1. The van der Waals surface area contributed by atoms with Crippen molar-refractivity contribution < 1.29 is 18.7 Å². The van der Waals surface area contributed by atoms with Gasteiger partial charge in [0.2, 0.25) is 5.88 Å². The summed E-state index contributed by atoms with van der Waals surface area (Å²) in [4.78, 5) is 13.9. The molecule has 4 atom stereocenters. The van der Waals surface area contributed by atoms with E-state index in [-0.39, 0.29) is 11.5 Å². The van der Waals surface area contributed by atoms with Crippen molar-refractivity contribution in [2.75, 3.05) is 39.1 Å². The minimum atomic E-state index is -0.394. The molecular weight excluding hydrogens is 564 g/mol. The first kappa shape index (κ1) is 27.5. The second-order valence-electron chi connectivity index (χ2n) is 13.1. The lowest BCUT2D eigenvalue weighted by atomic mass is 9.63. The molecule has 5 aliphatic rings. The average Bonchev–Trinajstić information content (AvgIpc) is 3.80. The molecule has 6 heterocycles. The number of aryl methyl sites for hydroxylation is 1. The molecule has 3 aromatic heterocycles. The van der Waals surface area contributed by atoms with Gasteiger partial charge in [0, 0.05) is 23.1 Å².